The molecule has 0 aromatic rings. The van der Waals surface area contributed by atoms with E-state index in [1.807, 2.05) is 0 Å². The maximum Gasteiger partial charge on any atom is 0 e. The van der Waals surface area contributed by atoms with Gasteiger partial charge in [-0.2, -0.15) is 0 Å². The number of rotatable bonds is 0. The molecule has 0 aliphatic heterocycles. The van der Waals surface area contributed by atoms with Crippen molar-refractivity contribution in [3.05, 3.63) is 0 Å². The molecule has 3 nitrogen and oxygen atoms in total. The molecule has 0 aliphatic carbocycles. The van der Waals surface area contributed by atoms with Gasteiger partial charge in [0.05, 0.1) is 0 Å². The van der Waals surface area contributed by atoms with Gasteiger partial charge in [0.15, 0.2) is 0 Å². The molecule has 0 bridgehead atoms. The van der Waals surface area contributed by atoms with E-state index < -0.39 is 0 Å². The number of nitrogens with two attached hydrogens (primary N) is 3. The Morgan fingerprint density at radius 3 is 0.571 bits per heavy atom. The monoisotopic (exact) mass is 104 g/mol. The largest absolute Gasteiger partial charge is 0.333 e. The predicted molar refractivity (Wildman–Crippen MR) is 36.1 cm³/mol. The van der Waals surface area contributed by atoms with Gasteiger partial charge in [-0.05, 0) is 21.1 Å². The predicted octanol–water partition coefficient (Wildman–Crippen LogP) is -1.66. The highest BCUT2D eigenvalue weighted by Gasteiger charge is 0.840. The lowest BCUT2D eigenvalue weighted by molar-refractivity contribution is 1.48. The maximum atomic E-state index is 4.50. The van der Waals surface area contributed by atoms with Crippen LogP contribution in [0.2, 0.25) is 0 Å². The van der Waals surface area contributed by atoms with Gasteiger partial charge in [0.1, 0.15) is 0 Å². The zero-order valence-electron chi connectivity index (χ0n) is 5.31. The molecule has 45 valence electrons. The maximum absolute atomic E-state index is 4.50. The topological polar surface area (TPSA) is 78.1 Å². The minimum Gasteiger partial charge on any atom is -0.333 e. The molecule has 0 spiro atoms. The highest BCUT2D eigenvalue weighted by molar-refractivity contribution is 5.75. The van der Waals surface area contributed by atoms with Crippen LogP contribution in [-0.2, 0) is 0 Å². The second-order valence-electron chi connectivity index (χ2n) is 0. The summed E-state index contributed by atoms with van der Waals surface area (Å²) < 4.78 is 0. The molecule has 0 saturated heterocycles. The van der Waals surface area contributed by atoms with E-state index in [0.717, 1.165) is 0 Å². The molecule has 0 saturated carbocycles. The zero-order valence-corrected chi connectivity index (χ0v) is 5.31. The van der Waals surface area contributed by atoms with Crippen molar-refractivity contribution in [1.82, 2.24) is 0 Å². The Labute approximate surface area is 47.8 Å². The summed E-state index contributed by atoms with van der Waals surface area (Å²) in [6, 6.07) is 0. The van der Waals surface area contributed by atoms with Crippen molar-refractivity contribution < 1.29 is 0 Å². The molecular weight excluding hydrogens is 88.9 g/mol. The number of hydrogen-bond donors (Lipinski definition) is 3. The molecule has 0 heterocycles. The van der Waals surface area contributed by atoms with Gasteiger partial charge >= 0.3 is 0 Å². The van der Waals surface area contributed by atoms with Gasteiger partial charge in [-0.15, -0.1) is 0 Å². The summed E-state index contributed by atoms with van der Waals surface area (Å²) in [5, 5.41) is 0. The fourth-order valence-electron chi connectivity index (χ4n) is 0. The summed E-state index contributed by atoms with van der Waals surface area (Å²) in [6.45, 7) is 0. The first-order valence-corrected chi connectivity index (χ1v) is 1.73. The fraction of sp³-hybridized carbons (Fsp3) is 1.00. The summed E-state index contributed by atoms with van der Waals surface area (Å²) >= 11 is 0. The molecule has 0 rings (SSSR count). The molecular formula is C3H15BN3. The standard InChI is InChI=1S/3CH5N.B/c3*1-2;/h3*2H2,1H3;. The van der Waals surface area contributed by atoms with Crippen molar-refractivity contribution in [2.75, 3.05) is 21.1 Å². The van der Waals surface area contributed by atoms with Crippen LogP contribution in [0.4, 0.5) is 0 Å². The molecule has 0 aromatic carbocycles. The summed E-state index contributed by atoms with van der Waals surface area (Å²) in [5.41, 5.74) is 13.5. The lowest BCUT2D eigenvalue weighted by Gasteiger charge is -1.19. The van der Waals surface area contributed by atoms with E-state index in [1.165, 1.54) is 21.1 Å². The van der Waals surface area contributed by atoms with Crippen LogP contribution in [0.15, 0.2) is 0 Å². The Morgan fingerprint density at radius 2 is 0.571 bits per heavy atom. The Morgan fingerprint density at radius 1 is 0.571 bits per heavy atom. The molecule has 3 radical (unpaired) electrons. The molecule has 4 heteroatoms. The normalized spacial score (nSPS) is 2.57. The molecule has 0 amide bonds. The second-order valence-corrected chi connectivity index (χ2v) is 0. The van der Waals surface area contributed by atoms with Gasteiger partial charge in [0.25, 0.3) is 0 Å². The Balaban J connectivity index is -0.00000000900. The molecule has 0 fully saturated rings. The fourth-order valence-corrected chi connectivity index (χ4v) is 0. The van der Waals surface area contributed by atoms with Gasteiger partial charge in [-0.3, -0.25) is 0 Å². The number of hydrogen-bond acceptors (Lipinski definition) is 3. The first-order valence-electron chi connectivity index (χ1n) is 1.73. The van der Waals surface area contributed by atoms with Crippen molar-refractivity contribution >= 4 is 8.41 Å². The molecule has 0 aliphatic rings. The van der Waals surface area contributed by atoms with Gasteiger partial charge in [-0.1, -0.05) is 0 Å². The zero-order chi connectivity index (χ0) is 6.00. The highest BCUT2D eigenvalue weighted by atomic mass is 14.4. The second kappa shape index (κ2) is 47900. The Hall–Kier alpha value is -0.0551. The SMILES string of the molecule is CN.CN.CN.[B]. The van der Waals surface area contributed by atoms with Crippen LogP contribution in [0.5, 0.6) is 0 Å². The van der Waals surface area contributed by atoms with Crippen LogP contribution in [0.1, 0.15) is 0 Å². The third-order valence-electron chi connectivity index (χ3n) is 0. The lowest BCUT2D eigenvalue weighted by Crippen LogP contribution is -1.69. The Kier molecular flexibility index (Phi) is 194000. The van der Waals surface area contributed by atoms with Crippen LogP contribution in [0.25, 0.3) is 0 Å². The van der Waals surface area contributed by atoms with E-state index >= 15 is 0 Å². The van der Waals surface area contributed by atoms with Crippen LogP contribution in [0.3, 0.4) is 0 Å². The lowest BCUT2D eigenvalue weighted by atomic mass is 10.8. The minimum absolute atomic E-state index is 0. The van der Waals surface area contributed by atoms with E-state index in [-0.39, 0.29) is 8.41 Å². The third kappa shape index (κ3) is 30500. The van der Waals surface area contributed by atoms with E-state index in [0.29, 0.717) is 0 Å². The van der Waals surface area contributed by atoms with Crippen molar-refractivity contribution in [3.8, 4) is 0 Å². The van der Waals surface area contributed by atoms with E-state index in [9.17, 15) is 0 Å². The van der Waals surface area contributed by atoms with Gasteiger partial charge in [0, 0.05) is 8.41 Å². The van der Waals surface area contributed by atoms with Crippen molar-refractivity contribution in [1.29, 1.82) is 0 Å². The van der Waals surface area contributed by atoms with Gasteiger partial charge in [0.2, 0.25) is 0 Å². The van der Waals surface area contributed by atoms with Crippen molar-refractivity contribution in [3.63, 3.8) is 0 Å². The van der Waals surface area contributed by atoms with E-state index in [2.05, 4.69) is 17.2 Å². The van der Waals surface area contributed by atoms with E-state index in [4.69, 9.17) is 0 Å². The van der Waals surface area contributed by atoms with Crippen LogP contribution < -0.4 is 17.2 Å². The van der Waals surface area contributed by atoms with Crippen LogP contribution in [0, 0.1) is 0 Å². The van der Waals surface area contributed by atoms with Crippen molar-refractivity contribution in [2.24, 2.45) is 17.2 Å². The highest BCUT2D eigenvalue weighted by Crippen LogP contribution is 0.473. The third-order valence-corrected chi connectivity index (χ3v) is 0. The first kappa shape index (κ1) is 28.3. The summed E-state index contributed by atoms with van der Waals surface area (Å²) in [5.74, 6) is 0. The van der Waals surface area contributed by atoms with Crippen LogP contribution >= 0.6 is 0 Å². The summed E-state index contributed by atoms with van der Waals surface area (Å²) in [4.78, 5) is 0. The van der Waals surface area contributed by atoms with Crippen LogP contribution in [-0.4, -0.2) is 29.6 Å². The smallest absolute Gasteiger partial charge is 0 e. The molecule has 0 unspecified atom stereocenters. The average Bonchev–Trinajstić information content (AvgIpc) is 1.81. The summed E-state index contributed by atoms with van der Waals surface area (Å²) in [6.07, 6.45) is 0. The summed E-state index contributed by atoms with van der Waals surface area (Å²) in [7, 11) is 4.50. The van der Waals surface area contributed by atoms with Gasteiger partial charge < -0.3 is 17.2 Å². The first-order chi connectivity index (χ1) is 3.00. The molecule has 0 atom stereocenters. The van der Waals surface area contributed by atoms with Gasteiger partial charge in [-0.25, -0.2) is 0 Å². The average molecular weight is 104 g/mol. The Bertz CT molecular complexity index is 10.1. The quantitative estimate of drug-likeness (QED) is 0.322. The molecule has 6 N–H and O–H groups in total. The van der Waals surface area contributed by atoms with E-state index in [1.54, 1.807) is 0 Å². The molecule has 7 heavy (non-hydrogen) atoms. The van der Waals surface area contributed by atoms with Crippen molar-refractivity contribution in [2.45, 2.75) is 0 Å². The minimum atomic E-state index is 0. The molecule has 0 aromatic heterocycles.